The van der Waals surface area contributed by atoms with E-state index in [2.05, 4.69) is 0 Å². The lowest BCUT2D eigenvalue weighted by molar-refractivity contribution is 0.223. The number of para-hydroxylation sites is 1. The molecule has 5 nitrogen and oxygen atoms in total. The molecule has 0 fully saturated rings. The lowest BCUT2D eigenvalue weighted by atomic mass is 10.00. The Kier molecular flexibility index (Phi) is 6.10. The van der Waals surface area contributed by atoms with Crippen LogP contribution in [0.25, 0.3) is 0 Å². The maximum absolute atomic E-state index is 13.3. The zero-order valence-corrected chi connectivity index (χ0v) is 16.7. The molecule has 2 aromatic carbocycles. The number of hydrogen-bond acceptors (Lipinski definition) is 5. The highest BCUT2D eigenvalue weighted by molar-refractivity contribution is 8.00. The van der Waals surface area contributed by atoms with Crippen molar-refractivity contribution in [1.29, 1.82) is 10.8 Å². The van der Waals surface area contributed by atoms with Crippen LogP contribution in [0.2, 0.25) is 5.02 Å². The second kappa shape index (κ2) is 8.36. The van der Waals surface area contributed by atoms with Crippen LogP contribution in [0.3, 0.4) is 0 Å². The second-order valence-corrected chi connectivity index (χ2v) is 7.47. The van der Waals surface area contributed by atoms with Crippen LogP contribution >= 0.6 is 23.4 Å². The molecule has 3 rings (SSSR count). The van der Waals surface area contributed by atoms with Gasteiger partial charge in [-0.05, 0) is 29.8 Å². The van der Waals surface area contributed by atoms with Crippen LogP contribution in [0.15, 0.2) is 36.4 Å². The summed E-state index contributed by atoms with van der Waals surface area (Å²) in [7, 11) is 3.07. The first-order valence-electron chi connectivity index (χ1n) is 8.25. The van der Waals surface area contributed by atoms with E-state index >= 15 is 0 Å². The lowest BCUT2D eigenvalue weighted by Gasteiger charge is -2.26. The second-order valence-electron chi connectivity index (χ2n) is 5.94. The van der Waals surface area contributed by atoms with Crippen molar-refractivity contribution >= 4 is 40.7 Å². The highest BCUT2D eigenvalue weighted by Gasteiger charge is 2.34. The molecule has 9 heteroatoms. The minimum atomic E-state index is -3.00. The molecule has 1 atom stereocenters. The number of ether oxygens (including phenoxy) is 2. The quantitative estimate of drug-likeness (QED) is 0.520. The molecule has 0 bridgehead atoms. The Bertz CT molecular complexity index is 926. The summed E-state index contributed by atoms with van der Waals surface area (Å²) in [5.74, 6) is 0.167. The van der Waals surface area contributed by atoms with Gasteiger partial charge in [-0.1, -0.05) is 23.7 Å². The lowest BCUT2D eigenvalue weighted by Crippen LogP contribution is -2.40. The zero-order chi connectivity index (χ0) is 20.4. The molecule has 0 amide bonds. The Labute approximate surface area is 170 Å². The largest absolute Gasteiger partial charge is 0.493 e. The van der Waals surface area contributed by atoms with E-state index in [-0.39, 0.29) is 16.8 Å². The van der Waals surface area contributed by atoms with Gasteiger partial charge in [0.15, 0.2) is 17.3 Å². The van der Waals surface area contributed by atoms with Gasteiger partial charge in [0.2, 0.25) is 0 Å². The van der Waals surface area contributed by atoms with Crippen molar-refractivity contribution in [3.8, 4) is 11.5 Å². The smallest absolute Gasteiger partial charge is 0.295 e. The van der Waals surface area contributed by atoms with Gasteiger partial charge in [-0.25, -0.2) is 8.78 Å². The van der Waals surface area contributed by atoms with Gasteiger partial charge < -0.3 is 9.47 Å². The van der Waals surface area contributed by atoms with Crippen LogP contribution in [0.4, 0.5) is 14.5 Å². The summed E-state index contributed by atoms with van der Waals surface area (Å²) in [5, 5.41) is 16.2. The summed E-state index contributed by atoms with van der Waals surface area (Å²) in [6, 6.07) is 10.3. The van der Waals surface area contributed by atoms with Crippen molar-refractivity contribution in [2.24, 2.45) is 0 Å². The third kappa shape index (κ3) is 3.66. The first-order valence-corrected chi connectivity index (χ1v) is 9.67. The fourth-order valence-corrected chi connectivity index (χ4v) is 4.52. The van der Waals surface area contributed by atoms with Gasteiger partial charge >= 0.3 is 0 Å². The number of anilines is 1. The van der Waals surface area contributed by atoms with Crippen molar-refractivity contribution < 1.29 is 18.3 Å². The van der Waals surface area contributed by atoms with Crippen LogP contribution in [0, 0.1) is 10.8 Å². The van der Waals surface area contributed by atoms with Crippen LogP contribution in [0.5, 0.6) is 11.5 Å². The van der Waals surface area contributed by atoms with Crippen molar-refractivity contribution in [2.75, 3.05) is 24.9 Å². The molecule has 0 unspecified atom stereocenters. The van der Waals surface area contributed by atoms with E-state index in [0.717, 1.165) is 10.5 Å². The summed E-state index contributed by atoms with van der Waals surface area (Å²) in [6.45, 7) is 0. The van der Waals surface area contributed by atoms with Crippen molar-refractivity contribution in [3.63, 3.8) is 0 Å². The Morgan fingerprint density at radius 1 is 1.21 bits per heavy atom. The minimum Gasteiger partial charge on any atom is -0.493 e. The SMILES string of the molecule is COc1cccc([C@H]2SCC(=N)N(C(=N)C(F)F)c3ccc(Cl)cc32)c1OC. The number of fused-ring (bicyclic) bond motifs is 1. The molecular weight excluding hydrogens is 408 g/mol. The van der Waals surface area contributed by atoms with Gasteiger partial charge in [0.1, 0.15) is 5.84 Å². The van der Waals surface area contributed by atoms with Crippen molar-refractivity contribution in [3.05, 3.63) is 52.5 Å². The number of hydrogen-bond donors (Lipinski definition) is 2. The first kappa shape index (κ1) is 20.4. The molecule has 1 aliphatic rings. The van der Waals surface area contributed by atoms with Gasteiger partial charge in [0.05, 0.1) is 30.9 Å². The number of alkyl halides is 2. The van der Waals surface area contributed by atoms with E-state index in [4.69, 9.17) is 31.9 Å². The van der Waals surface area contributed by atoms with Crippen LogP contribution in [-0.4, -0.2) is 38.1 Å². The molecule has 0 radical (unpaired) electrons. The summed E-state index contributed by atoms with van der Waals surface area (Å²) >= 11 is 7.58. The number of amidine groups is 2. The predicted octanol–water partition coefficient (Wildman–Crippen LogP) is 5.22. The highest BCUT2D eigenvalue weighted by Crippen LogP contribution is 2.49. The Morgan fingerprint density at radius 3 is 2.61 bits per heavy atom. The molecule has 0 spiro atoms. The number of nitrogens with zero attached hydrogens (tertiary/aromatic N) is 1. The number of thioether (sulfide) groups is 1. The zero-order valence-electron chi connectivity index (χ0n) is 15.1. The molecule has 0 aliphatic carbocycles. The Balaban J connectivity index is 2.22. The van der Waals surface area contributed by atoms with E-state index in [1.54, 1.807) is 24.3 Å². The summed E-state index contributed by atoms with van der Waals surface area (Å²) in [4.78, 5) is 0.982. The fourth-order valence-electron chi connectivity index (χ4n) is 3.15. The first-order chi connectivity index (χ1) is 13.4. The summed E-state index contributed by atoms with van der Waals surface area (Å²) < 4.78 is 37.5. The minimum absolute atomic E-state index is 0.0942. The Morgan fingerprint density at radius 2 is 1.96 bits per heavy atom. The van der Waals surface area contributed by atoms with Crippen LogP contribution < -0.4 is 14.4 Å². The standard InChI is InChI=1S/C19H18ClF2N3O2S/c1-26-14-5-3-4-11(16(14)27-2)17-12-8-10(20)6-7-13(12)25(15(23)9-28-17)19(24)18(21)22/h3-8,17-18,23-24H,9H2,1-2H3/t17-/m1/s1. The van der Waals surface area contributed by atoms with Gasteiger partial charge in [-0.15, -0.1) is 11.8 Å². The van der Waals surface area contributed by atoms with Gasteiger partial charge in [0, 0.05) is 10.6 Å². The van der Waals surface area contributed by atoms with Gasteiger partial charge in [-0.3, -0.25) is 15.7 Å². The molecule has 0 saturated carbocycles. The molecule has 0 aromatic heterocycles. The van der Waals surface area contributed by atoms with E-state index < -0.39 is 12.3 Å². The number of halogens is 3. The topological polar surface area (TPSA) is 69.4 Å². The number of methoxy groups -OCH3 is 2. The van der Waals surface area contributed by atoms with E-state index in [0.29, 0.717) is 27.8 Å². The normalized spacial score (nSPS) is 16.6. The number of nitrogens with one attached hydrogen (secondary N) is 2. The van der Waals surface area contributed by atoms with E-state index in [1.165, 1.54) is 26.0 Å². The average Bonchev–Trinajstić information content (AvgIpc) is 2.82. The molecule has 2 N–H and O–H groups in total. The molecule has 1 aliphatic heterocycles. The summed E-state index contributed by atoms with van der Waals surface area (Å²) in [6.07, 6.45) is -3.00. The number of benzene rings is 2. The fraction of sp³-hybridized carbons (Fsp3) is 0.263. The summed E-state index contributed by atoms with van der Waals surface area (Å²) in [5.41, 5.74) is 1.73. The maximum Gasteiger partial charge on any atom is 0.295 e. The van der Waals surface area contributed by atoms with Crippen LogP contribution in [-0.2, 0) is 0 Å². The molecular formula is C19H18ClF2N3O2S. The van der Waals surface area contributed by atoms with Gasteiger partial charge in [0.25, 0.3) is 6.43 Å². The monoisotopic (exact) mass is 425 g/mol. The predicted molar refractivity (Wildman–Crippen MR) is 109 cm³/mol. The Hall–Kier alpha value is -2.32. The van der Waals surface area contributed by atoms with Gasteiger partial charge in [-0.2, -0.15) is 0 Å². The number of rotatable bonds is 4. The average molecular weight is 426 g/mol. The molecule has 1 heterocycles. The maximum atomic E-state index is 13.3. The third-order valence-corrected chi connectivity index (χ3v) is 5.85. The van der Waals surface area contributed by atoms with Crippen molar-refractivity contribution in [2.45, 2.75) is 11.7 Å². The molecule has 0 saturated heterocycles. The van der Waals surface area contributed by atoms with Crippen LogP contribution in [0.1, 0.15) is 16.4 Å². The van der Waals surface area contributed by atoms with E-state index in [1.807, 2.05) is 12.1 Å². The molecule has 28 heavy (non-hydrogen) atoms. The third-order valence-electron chi connectivity index (χ3n) is 4.33. The highest BCUT2D eigenvalue weighted by atomic mass is 35.5. The van der Waals surface area contributed by atoms with E-state index in [9.17, 15) is 8.78 Å². The molecule has 2 aromatic rings. The molecule has 148 valence electrons. The van der Waals surface area contributed by atoms with Crippen molar-refractivity contribution in [1.82, 2.24) is 0 Å².